The van der Waals surface area contributed by atoms with Crippen LogP contribution in [-0.2, 0) is 22.4 Å². The van der Waals surface area contributed by atoms with E-state index in [1.165, 1.54) is 22.7 Å². The summed E-state index contributed by atoms with van der Waals surface area (Å²) in [7, 11) is 0. The Labute approximate surface area is 248 Å². The first-order valence-electron chi connectivity index (χ1n) is 13.6. The molecule has 216 valence electrons. The van der Waals surface area contributed by atoms with Gasteiger partial charge >= 0.3 is 0 Å². The number of hydrogen-bond acceptors (Lipinski definition) is 12. The summed E-state index contributed by atoms with van der Waals surface area (Å²) in [5, 5.41) is 25.8. The van der Waals surface area contributed by atoms with E-state index in [9.17, 15) is 9.59 Å². The molecule has 2 aromatic heterocycles. The highest BCUT2D eigenvalue weighted by Crippen LogP contribution is 2.43. The Bertz CT molecular complexity index is 1520. The number of ether oxygens (including phenoxy) is 4. The predicted molar refractivity (Wildman–Crippen MR) is 154 cm³/mol. The molecule has 2 aliphatic heterocycles. The van der Waals surface area contributed by atoms with Crippen molar-refractivity contribution in [3.05, 3.63) is 57.5 Å². The topological polar surface area (TPSA) is 147 Å². The van der Waals surface area contributed by atoms with Gasteiger partial charge in [0.1, 0.15) is 10.0 Å². The summed E-state index contributed by atoms with van der Waals surface area (Å²) in [5.74, 6) is 2.77. The fourth-order valence-corrected chi connectivity index (χ4v) is 7.15. The Hall–Kier alpha value is -4.30. The van der Waals surface area contributed by atoms with Crippen LogP contribution in [0.1, 0.15) is 58.7 Å². The molecule has 12 nitrogen and oxygen atoms in total. The number of anilines is 2. The second-order valence-electron chi connectivity index (χ2n) is 10.3. The van der Waals surface area contributed by atoms with Gasteiger partial charge in [-0.05, 0) is 54.7 Å². The number of benzene rings is 2. The van der Waals surface area contributed by atoms with Gasteiger partial charge in [0.25, 0.3) is 0 Å². The molecule has 2 atom stereocenters. The first-order valence-corrected chi connectivity index (χ1v) is 15.2. The molecule has 1 fully saturated rings. The molecule has 1 saturated carbocycles. The molecule has 2 N–H and O–H groups in total. The van der Waals surface area contributed by atoms with Crippen LogP contribution < -0.4 is 29.6 Å². The number of nitrogens with one attached hydrogen (secondary N) is 2. The predicted octanol–water partition coefficient (Wildman–Crippen LogP) is 4.65. The molecule has 0 saturated heterocycles. The number of carbonyl (C=O) groups excluding carboxylic acids is 2. The third-order valence-corrected chi connectivity index (χ3v) is 9.35. The molecule has 0 bridgehead atoms. The summed E-state index contributed by atoms with van der Waals surface area (Å²) in [6.07, 6.45) is 4.27. The summed E-state index contributed by atoms with van der Waals surface area (Å²) >= 11 is 2.82. The standard InChI is InChI=1S/C28H26N6O6S2/c35-23(10-15-4-6-19-21(8-15)39-13-37-19)29-27-33-31-25(41-27)17-2-1-3-18(12-17)26-32-34-28(42-26)30-24(36)11-16-5-7-20-22(9-16)40-14-38-20/h4-9,17-18H,1-3,10-14H2,(H,29,33,35)(H,30,34,36)/t17-,18-/m0/s1. The van der Waals surface area contributed by atoms with Crippen molar-refractivity contribution in [2.45, 2.75) is 50.4 Å². The van der Waals surface area contributed by atoms with Crippen molar-refractivity contribution in [2.24, 2.45) is 0 Å². The zero-order valence-corrected chi connectivity index (χ0v) is 24.0. The molecule has 0 unspecified atom stereocenters. The molecule has 14 heteroatoms. The third-order valence-electron chi connectivity index (χ3n) is 7.35. The van der Waals surface area contributed by atoms with Gasteiger partial charge in [-0.15, -0.1) is 20.4 Å². The van der Waals surface area contributed by atoms with E-state index in [1.54, 1.807) is 0 Å². The molecule has 1 aliphatic carbocycles. The molecule has 0 spiro atoms. The second-order valence-corrected chi connectivity index (χ2v) is 12.3. The van der Waals surface area contributed by atoms with E-state index < -0.39 is 0 Å². The van der Waals surface area contributed by atoms with Crippen molar-refractivity contribution < 1.29 is 28.5 Å². The molecule has 2 amide bonds. The van der Waals surface area contributed by atoms with Crippen LogP contribution in [0.5, 0.6) is 23.0 Å². The maximum atomic E-state index is 12.6. The van der Waals surface area contributed by atoms with Crippen molar-refractivity contribution in [3.8, 4) is 23.0 Å². The Morgan fingerprint density at radius 1 is 0.690 bits per heavy atom. The minimum atomic E-state index is -0.167. The monoisotopic (exact) mass is 606 g/mol. The van der Waals surface area contributed by atoms with Gasteiger partial charge in [-0.1, -0.05) is 41.2 Å². The first-order chi connectivity index (χ1) is 20.6. The van der Waals surface area contributed by atoms with Gasteiger partial charge in [0, 0.05) is 11.8 Å². The maximum absolute atomic E-state index is 12.6. The van der Waals surface area contributed by atoms with Gasteiger partial charge in [-0.25, -0.2) is 0 Å². The molecule has 2 aromatic carbocycles. The minimum Gasteiger partial charge on any atom is -0.454 e. The lowest BCUT2D eigenvalue weighted by atomic mass is 9.82. The van der Waals surface area contributed by atoms with Crippen LogP contribution in [0.25, 0.3) is 0 Å². The summed E-state index contributed by atoms with van der Waals surface area (Å²) in [6.45, 7) is 0.390. The number of aromatic nitrogens is 4. The SMILES string of the molecule is O=C(Cc1ccc2c(c1)OCO2)Nc1nnc([C@H]2CCC[C@H](c3nnc(NC(=O)Cc4ccc5c(c4)OCO5)s3)C2)s1. The van der Waals surface area contributed by atoms with Crippen molar-refractivity contribution in [1.29, 1.82) is 0 Å². The van der Waals surface area contributed by atoms with Gasteiger partial charge in [0.15, 0.2) is 23.0 Å². The zero-order chi connectivity index (χ0) is 28.5. The quantitative estimate of drug-likeness (QED) is 0.291. The molecule has 4 aromatic rings. The van der Waals surface area contributed by atoms with Gasteiger partial charge in [0.05, 0.1) is 12.8 Å². The van der Waals surface area contributed by atoms with E-state index in [2.05, 4.69) is 31.0 Å². The second kappa shape index (κ2) is 11.5. The average molecular weight is 607 g/mol. The fourth-order valence-electron chi connectivity index (χ4n) is 5.34. The van der Waals surface area contributed by atoms with Crippen molar-refractivity contribution >= 4 is 44.8 Å². The van der Waals surface area contributed by atoms with Crippen molar-refractivity contribution in [3.63, 3.8) is 0 Å². The lowest BCUT2D eigenvalue weighted by Gasteiger charge is -2.25. The number of hydrogen-bond donors (Lipinski definition) is 2. The first kappa shape index (κ1) is 26.6. The highest BCUT2D eigenvalue weighted by molar-refractivity contribution is 7.15. The van der Waals surface area contributed by atoms with Gasteiger partial charge in [-0.3, -0.25) is 9.59 Å². The Kier molecular flexibility index (Phi) is 7.30. The smallest absolute Gasteiger partial charge is 0.231 e. The van der Waals surface area contributed by atoms with E-state index in [1.807, 2.05) is 36.4 Å². The molecule has 3 aliphatic rings. The molecule has 0 radical (unpaired) electrons. The Morgan fingerprint density at radius 2 is 1.17 bits per heavy atom. The summed E-state index contributed by atoms with van der Waals surface area (Å²) in [5.41, 5.74) is 1.66. The van der Waals surface area contributed by atoms with E-state index >= 15 is 0 Å². The van der Waals surface area contributed by atoms with E-state index in [0.29, 0.717) is 33.3 Å². The van der Waals surface area contributed by atoms with Crippen LogP contribution >= 0.6 is 22.7 Å². The van der Waals surface area contributed by atoms with E-state index in [4.69, 9.17) is 18.9 Å². The average Bonchev–Trinajstić information content (AvgIpc) is 3.80. The maximum Gasteiger partial charge on any atom is 0.231 e. The normalized spacial score (nSPS) is 18.6. The lowest BCUT2D eigenvalue weighted by molar-refractivity contribution is -0.116. The molecule has 4 heterocycles. The number of amides is 2. The summed E-state index contributed by atoms with van der Waals surface area (Å²) in [4.78, 5) is 25.3. The van der Waals surface area contributed by atoms with Crippen LogP contribution in [0.2, 0.25) is 0 Å². The van der Waals surface area contributed by atoms with Crippen molar-refractivity contribution in [2.75, 3.05) is 24.2 Å². The highest BCUT2D eigenvalue weighted by Gasteiger charge is 2.29. The van der Waals surface area contributed by atoms with Crippen LogP contribution in [0.4, 0.5) is 10.3 Å². The fraction of sp³-hybridized carbons (Fsp3) is 0.357. The third kappa shape index (κ3) is 5.85. The summed E-state index contributed by atoms with van der Waals surface area (Å²) < 4.78 is 21.4. The molecule has 7 rings (SSSR count). The van der Waals surface area contributed by atoms with Crippen LogP contribution in [0, 0.1) is 0 Å². The number of fused-ring (bicyclic) bond motifs is 2. The van der Waals surface area contributed by atoms with E-state index in [0.717, 1.165) is 46.8 Å². The van der Waals surface area contributed by atoms with Crippen LogP contribution in [0.15, 0.2) is 36.4 Å². The molecular weight excluding hydrogens is 580 g/mol. The van der Waals surface area contributed by atoms with Gasteiger partial charge in [0.2, 0.25) is 35.7 Å². The Balaban J connectivity index is 0.925. The van der Waals surface area contributed by atoms with E-state index in [-0.39, 0.29) is 50.1 Å². The van der Waals surface area contributed by atoms with Gasteiger partial charge in [-0.2, -0.15) is 0 Å². The number of carbonyl (C=O) groups is 2. The molecular formula is C28H26N6O6S2. The minimum absolute atomic E-state index is 0.167. The van der Waals surface area contributed by atoms with Gasteiger partial charge < -0.3 is 29.6 Å². The largest absolute Gasteiger partial charge is 0.454 e. The van der Waals surface area contributed by atoms with Crippen molar-refractivity contribution in [1.82, 2.24) is 20.4 Å². The van der Waals surface area contributed by atoms with Crippen LogP contribution in [0.3, 0.4) is 0 Å². The Morgan fingerprint density at radius 3 is 1.67 bits per heavy atom. The zero-order valence-electron chi connectivity index (χ0n) is 22.3. The highest BCUT2D eigenvalue weighted by atomic mass is 32.1. The van der Waals surface area contributed by atoms with Crippen LogP contribution in [-0.4, -0.2) is 45.8 Å². The number of nitrogens with zero attached hydrogens (tertiary/aromatic N) is 4. The lowest BCUT2D eigenvalue weighted by Crippen LogP contribution is -2.14. The number of rotatable bonds is 8. The summed E-state index contributed by atoms with van der Waals surface area (Å²) in [6, 6.07) is 11.0. The molecule has 42 heavy (non-hydrogen) atoms.